The number of carbonyl (C=O) groups is 1. The molecule has 0 aliphatic heterocycles. The van der Waals surface area contributed by atoms with Crippen molar-refractivity contribution < 1.29 is 19.0 Å². The molecular weight excluding hydrogens is 354 g/mol. The molecule has 5 nitrogen and oxygen atoms in total. The first-order valence-electron chi connectivity index (χ1n) is 8.51. The van der Waals surface area contributed by atoms with Crippen molar-refractivity contribution in [2.45, 2.75) is 32.4 Å². The number of carbonyl (C=O) groups excluding carboxylic acids is 1. The lowest BCUT2D eigenvalue weighted by Crippen LogP contribution is -2.44. The molecule has 140 valence electrons. The molecule has 26 heavy (non-hydrogen) atoms. The van der Waals surface area contributed by atoms with E-state index in [0.717, 1.165) is 5.75 Å². The summed E-state index contributed by atoms with van der Waals surface area (Å²) in [6.07, 6.45) is -0.0402. The first-order chi connectivity index (χ1) is 12.5. The minimum atomic E-state index is -0.586. The van der Waals surface area contributed by atoms with Gasteiger partial charge in [0.05, 0.1) is 13.2 Å². The molecule has 2 unspecified atom stereocenters. The van der Waals surface area contributed by atoms with Crippen LogP contribution in [-0.2, 0) is 4.79 Å². The van der Waals surface area contributed by atoms with E-state index >= 15 is 0 Å². The number of hydrogen-bond donors (Lipinski definition) is 1. The van der Waals surface area contributed by atoms with E-state index in [1.165, 1.54) is 0 Å². The van der Waals surface area contributed by atoms with Gasteiger partial charge in [0.15, 0.2) is 6.10 Å². The molecule has 2 aromatic carbocycles. The van der Waals surface area contributed by atoms with E-state index in [1.54, 1.807) is 31.4 Å². The van der Waals surface area contributed by atoms with Crippen LogP contribution in [0.5, 0.6) is 17.2 Å². The van der Waals surface area contributed by atoms with Gasteiger partial charge in [-0.25, -0.2) is 0 Å². The fourth-order valence-corrected chi connectivity index (χ4v) is 2.48. The maximum atomic E-state index is 12.4. The van der Waals surface area contributed by atoms with Gasteiger partial charge in [-0.05, 0) is 55.8 Å². The Balaban J connectivity index is 1.83. The summed E-state index contributed by atoms with van der Waals surface area (Å²) in [6.45, 7) is 4.13. The average molecular weight is 378 g/mol. The molecule has 0 saturated heterocycles. The van der Waals surface area contributed by atoms with Crippen LogP contribution in [0.4, 0.5) is 0 Å². The molecule has 6 heteroatoms. The molecule has 1 N–H and O–H groups in total. The monoisotopic (exact) mass is 377 g/mol. The smallest absolute Gasteiger partial charge is 0.261 e. The molecule has 0 saturated carbocycles. The summed E-state index contributed by atoms with van der Waals surface area (Å²) in [5.41, 5.74) is 0. The Hall–Kier alpha value is -2.40. The summed E-state index contributed by atoms with van der Waals surface area (Å²) >= 11 is 5.95. The minimum Gasteiger partial charge on any atom is -0.497 e. The van der Waals surface area contributed by atoms with Gasteiger partial charge < -0.3 is 19.5 Å². The number of benzene rings is 2. The zero-order chi connectivity index (χ0) is 18.9. The van der Waals surface area contributed by atoms with E-state index in [2.05, 4.69) is 5.32 Å². The zero-order valence-corrected chi connectivity index (χ0v) is 16.0. The summed E-state index contributed by atoms with van der Waals surface area (Å²) < 4.78 is 16.5. The lowest BCUT2D eigenvalue weighted by molar-refractivity contribution is -0.128. The average Bonchev–Trinajstić information content (AvgIpc) is 2.64. The van der Waals surface area contributed by atoms with Gasteiger partial charge in [0, 0.05) is 5.02 Å². The fraction of sp³-hybridized carbons (Fsp3) is 0.350. The number of nitrogens with one attached hydrogen (secondary N) is 1. The van der Waals surface area contributed by atoms with Gasteiger partial charge in [-0.1, -0.05) is 24.6 Å². The number of hydrogen-bond acceptors (Lipinski definition) is 4. The molecule has 2 aromatic rings. The van der Waals surface area contributed by atoms with Gasteiger partial charge >= 0.3 is 0 Å². The molecule has 0 aliphatic carbocycles. The lowest BCUT2D eigenvalue weighted by Gasteiger charge is -2.21. The maximum absolute atomic E-state index is 12.4. The highest BCUT2D eigenvalue weighted by Crippen LogP contribution is 2.19. The van der Waals surface area contributed by atoms with E-state index in [0.29, 0.717) is 29.5 Å². The SMILES string of the molecule is CCC(Oc1cccc(Cl)c1)C(=O)NC(C)COc1ccc(OC)cc1. The second-order valence-corrected chi connectivity index (χ2v) is 6.30. The van der Waals surface area contributed by atoms with Gasteiger partial charge in [-0.3, -0.25) is 4.79 Å². The summed E-state index contributed by atoms with van der Waals surface area (Å²) in [4.78, 5) is 12.4. The van der Waals surface area contributed by atoms with Crippen LogP contribution in [0, 0.1) is 0 Å². The van der Waals surface area contributed by atoms with Crippen LogP contribution in [0.1, 0.15) is 20.3 Å². The van der Waals surface area contributed by atoms with Crippen LogP contribution in [0.2, 0.25) is 5.02 Å². The van der Waals surface area contributed by atoms with E-state index in [-0.39, 0.29) is 11.9 Å². The molecule has 2 rings (SSSR count). The van der Waals surface area contributed by atoms with Gasteiger partial charge in [0.2, 0.25) is 0 Å². The number of methoxy groups -OCH3 is 1. The molecule has 0 bridgehead atoms. The minimum absolute atomic E-state index is 0.165. The van der Waals surface area contributed by atoms with Crippen LogP contribution < -0.4 is 19.5 Å². The Morgan fingerprint density at radius 3 is 2.42 bits per heavy atom. The molecule has 0 radical (unpaired) electrons. The van der Waals surface area contributed by atoms with Crippen molar-refractivity contribution in [3.63, 3.8) is 0 Å². The summed E-state index contributed by atoms with van der Waals surface area (Å²) in [7, 11) is 1.61. The maximum Gasteiger partial charge on any atom is 0.261 e. The van der Waals surface area contributed by atoms with Crippen molar-refractivity contribution in [1.29, 1.82) is 0 Å². The zero-order valence-electron chi connectivity index (χ0n) is 15.2. The van der Waals surface area contributed by atoms with Crippen LogP contribution >= 0.6 is 11.6 Å². The van der Waals surface area contributed by atoms with Crippen LogP contribution in [-0.4, -0.2) is 31.8 Å². The van der Waals surface area contributed by atoms with Crippen molar-refractivity contribution in [2.24, 2.45) is 0 Å². The topological polar surface area (TPSA) is 56.8 Å². The number of halogens is 1. The normalized spacial score (nSPS) is 12.8. The van der Waals surface area contributed by atoms with Gasteiger partial charge in [-0.2, -0.15) is 0 Å². The molecule has 1 amide bonds. The van der Waals surface area contributed by atoms with E-state index in [4.69, 9.17) is 25.8 Å². The van der Waals surface area contributed by atoms with Crippen molar-refractivity contribution in [3.8, 4) is 17.2 Å². The van der Waals surface area contributed by atoms with E-state index in [1.807, 2.05) is 38.1 Å². The van der Waals surface area contributed by atoms with Crippen molar-refractivity contribution in [3.05, 3.63) is 53.6 Å². The highest BCUT2D eigenvalue weighted by molar-refractivity contribution is 6.30. The molecule has 0 aromatic heterocycles. The Kier molecular flexibility index (Phi) is 7.60. The number of ether oxygens (including phenoxy) is 3. The Morgan fingerprint density at radius 2 is 1.81 bits per heavy atom. The third-order valence-electron chi connectivity index (χ3n) is 3.69. The quantitative estimate of drug-likeness (QED) is 0.715. The Morgan fingerprint density at radius 1 is 1.12 bits per heavy atom. The highest BCUT2D eigenvalue weighted by atomic mass is 35.5. The molecule has 2 atom stereocenters. The van der Waals surface area contributed by atoms with Crippen molar-refractivity contribution in [2.75, 3.05) is 13.7 Å². The fourth-order valence-electron chi connectivity index (χ4n) is 2.30. The molecule has 0 heterocycles. The van der Waals surface area contributed by atoms with Gasteiger partial charge in [0.1, 0.15) is 23.9 Å². The predicted octanol–water partition coefficient (Wildman–Crippen LogP) is 4.09. The molecule has 0 fully saturated rings. The van der Waals surface area contributed by atoms with Crippen molar-refractivity contribution >= 4 is 17.5 Å². The highest BCUT2D eigenvalue weighted by Gasteiger charge is 2.20. The van der Waals surface area contributed by atoms with Crippen LogP contribution in [0.25, 0.3) is 0 Å². The van der Waals surface area contributed by atoms with Crippen LogP contribution in [0.15, 0.2) is 48.5 Å². The molecule has 0 spiro atoms. The standard InChI is InChI=1S/C20H24ClNO4/c1-4-19(26-18-7-5-6-15(21)12-18)20(23)22-14(2)13-25-17-10-8-16(24-3)9-11-17/h5-12,14,19H,4,13H2,1-3H3,(H,22,23). The second-order valence-electron chi connectivity index (χ2n) is 5.87. The first kappa shape index (κ1) is 19.9. The lowest BCUT2D eigenvalue weighted by atomic mass is 10.2. The molecule has 0 aliphatic rings. The number of rotatable bonds is 9. The Labute approximate surface area is 159 Å². The third-order valence-corrected chi connectivity index (χ3v) is 3.92. The summed E-state index contributed by atoms with van der Waals surface area (Å²) in [5.74, 6) is 1.87. The van der Waals surface area contributed by atoms with Gasteiger partial charge in [0.25, 0.3) is 5.91 Å². The Bertz CT molecular complexity index is 705. The summed E-state index contributed by atoms with van der Waals surface area (Å²) in [5, 5.41) is 3.48. The van der Waals surface area contributed by atoms with Crippen LogP contribution in [0.3, 0.4) is 0 Å². The second kappa shape index (κ2) is 9.92. The predicted molar refractivity (Wildman–Crippen MR) is 102 cm³/mol. The summed E-state index contributed by atoms with van der Waals surface area (Å²) in [6, 6.07) is 14.1. The largest absolute Gasteiger partial charge is 0.497 e. The van der Waals surface area contributed by atoms with E-state index < -0.39 is 6.10 Å². The molecular formula is C20H24ClNO4. The third kappa shape index (κ3) is 6.15. The van der Waals surface area contributed by atoms with Crippen molar-refractivity contribution in [1.82, 2.24) is 5.32 Å². The van der Waals surface area contributed by atoms with E-state index in [9.17, 15) is 4.79 Å². The first-order valence-corrected chi connectivity index (χ1v) is 8.89. The van der Waals surface area contributed by atoms with Gasteiger partial charge in [-0.15, -0.1) is 0 Å². The number of amides is 1.